The van der Waals surface area contributed by atoms with E-state index in [0.717, 1.165) is 25.2 Å². The molecule has 1 N–H and O–H groups in total. The van der Waals surface area contributed by atoms with Crippen molar-refractivity contribution >= 4 is 0 Å². The molecule has 0 aromatic heterocycles. The molecule has 0 bridgehead atoms. The van der Waals surface area contributed by atoms with Crippen molar-refractivity contribution in [2.75, 3.05) is 19.6 Å². The van der Waals surface area contributed by atoms with E-state index < -0.39 is 0 Å². The van der Waals surface area contributed by atoms with Crippen molar-refractivity contribution in [2.24, 2.45) is 5.92 Å². The first-order valence-corrected chi connectivity index (χ1v) is 5.66. The van der Waals surface area contributed by atoms with Crippen LogP contribution < -0.4 is 0 Å². The minimum Gasteiger partial charge on any atom is -0.390 e. The molecule has 76 valence electrons. The van der Waals surface area contributed by atoms with E-state index >= 15 is 0 Å². The molecule has 0 amide bonds. The van der Waals surface area contributed by atoms with Gasteiger partial charge in [0.1, 0.15) is 0 Å². The molecule has 0 aromatic carbocycles. The molecule has 1 aliphatic heterocycles. The molecule has 2 heteroatoms. The van der Waals surface area contributed by atoms with Gasteiger partial charge in [0.15, 0.2) is 0 Å². The smallest absolute Gasteiger partial charge is 0.0652 e. The van der Waals surface area contributed by atoms with Crippen LogP contribution in [-0.2, 0) is 0 Å². The van der Waals surface area contributed by atoms with Gasteiger partial charge in [-0.3, -0.25) is 0 Å². The summed E-state index contributed by atoms with van der Waals surface area (Å²) in [5, 5.41) is 9.79. The van der Waals surface area contributed by atoms with E-state index in [2.05, 4.69) is 11.8 Å². The predicted molar refractivity (Wildman–Crippen MR) is 53.6 cm³/mol. The molecule has 2 nitrogen and oxygen atoms in total. The van der Waals surface area contributed by atoms with E-state index in [1.54, 1.807) is 0 Å². The van der Waals surface area contributed by atoms with Crippen molar-refractivity contribution in [3.63, 3.8) is 0 Å². The Morgan fingerprint density at radius 1 is 1.31 bits per heavy atom. The molecule has 1 heterocycles. The molecule has 2 aliphatic rings. The van der Waals surface area contributed by atoms with Gasteiger partial charge in [-0.25, -0.2) is 0 Å². The van der Waals surface area contributed by atoms with Gasteiger partial charge < -0.3 is 10.0 Å². The summed E-state index contributed by atoms with van der Waals surface area (Å²) in [6.07, 6.45) is 5.79. The lowest BCUT2D eigenvalue weighted by Crippen LogP contribution is -2.34. The lowest BCUT2D eigenvalue weighted by atomic mass is 9.90. The van der Waals surface area contributed by atoms with Gasteiger partial charge in [-0.05, 0) is 57.7 Å². The number of aliphatic hydroxyl groups is 1. The van der Waals surface area contributed by atoms with Gasteiger partial charge in [-0.1, -0.05) is 6.92 Å². The zero-order chi connectivity index (χ0) is 9.31. The number of likely N-dealkylation sites (tertiary alicyclic amines) is 1. The van der Waals surface area contributed by atoms with E-state index in [9.17, 15) is 5.11 Å². The normalized spacial score (nSPS) is 29.1. The maximum Gasteiger partial charge on any atom is 0.0652 e. The van der Waals surface area contributed by atoms with Crippen LogP contribution in [0.1, 0.15) is 39.0 Å². The Morgan fingerprint density at radius 2 is 1.92 bits per heavy atom. The molecule has 0 spiro atoms. The Morgan fingerprint density at radius 3 is 2.38 bits per heavy atom. The zero-order valence-corrected chi connectivity index (χ0v) is 8.63. The number of hydrogen-bond donors (Lipinski definition) is 1. The largest absolute Gasteiger partial charge is 0.390 e. The minimum atomic E-state index is -0.223. The first-order chi connectivity index (χ1) is 6.22. The fourth-order valence-electron chi connectivity index (χ4n) is 2.39. The highest BCUT2D eigenvalue weighted by Gasteiger charge is 2.42. The Labute approximate surface area is 80.9 Å². The molecule has 0 unspecified atom stereocenters. The van der Waals surface area contributed by atoms with Crippen molar-refractivity contribution in [3.8, 4) is 0 Å². The van der Waals surface area contributed by atoms with Gasteiger partial charge >= 0.3 is 0 Å². The average Bonchev–Trinajstić information content (AvgIpc) is 2.85. The topological polar surface area (TPSA) is 23.5 Å². The summed E-state index contributed by atoms with van der Waals surface area (Å²) in [6, 6.07) is 0. The van der Waals surface area contributed by atoms with E-state index in [1.165, 1.54) is 32.5 Å². The lowest BCUT2D eigenvalue weighted by molar-refractivity contribution is 0.0914. The third-order valence-corrected chi connectivity index (χ3v) is 3.65. The summed E-state index contributed by atoms with van der Waals surface area (Å²) in [5.41, 5.74) is -0.223. The van der Waals surface area contributed by atoms with Crippen LogP contribution in [0.15, 0.2) is 0 Å². The monoisotopic (exact) mass is 183 g/mol. The van der Waals surface area contributed by atoms with Gasteiger partial charge in [0.25, 0.3) is 0 Å². The third kappa shape index (κ3) is 2.44. The van der Waals surface area contributed by atoms with Gasteiger partial charge in [0.2, 0.25) is 0 Å². The summed E-state index contributed by atoms with van der Waals surface area (Å²) >= 11 is 0. The molecular weight excluding hydrogens is 162 g/mol. The van der Waals surface area contributed by atoms with E-state index in [0.29, 0.717) is 0 Å². The second-order valence-electron chi connectivity index (χ2n) is 4.81. The van der Waals surface area contributed by atoms with Crippen LogP contribution in [-0.4, -0.2) is 35.2 Å². The predicted octanol–water partition coefficient (Wildman–Crippen LogP) is 1.63. The molecule has 2 fully saturated rings. The first kappa shape index (κ1) is 9.47. The highest BCUT2D eigenvalue weighted by atomic mass is 16.3. The standard InChI is InChI=1S/C11H21NO/c1-2-12-7-3-10(4-8-12)9-11(13)5-6-11/h10,13H,2-9H2,1H3. The fourth-order valence-corrected chi connectivity index (χ4v) is 2.39. The Balaban J connectivity index is 1.72. The van der Waals surface area contributed by atoms with Gasteiger partial charge in [-0.15, -0.1) is 0 Å². The number of nitrogens with zero attached hydrogens (tertiary/aromatic N) is 1. The second-order valence-corrected chi connectivity index (χ2v) is 4.81. The van der Waals surface area contributed by atoms with E-state index in [-0.39, 0.29) is 5.60 Å². The molecule has 0 aromatic rings. The Bertz CT molecular complexity index is 169. The van der Waals surface area contributed by atoms with Crippen LogP contribution in [0.5, 0.6) is 0 Å². The van der Waals surface area contributed by atoms with Crippen molar-refractivity contribution < 1.29 is 5.11 Å². The summed E-state index contributed by atoms with van der Waals surface area (Å²) in [4.78, 5) is 2.51. The van der Waals surface area contributed by atoms with Crippen molar-refractivity contribution in [1.29, 1.82) is 0 Å². The van der Waals surface area contributed by atoms with Crippen molar-refractivity contribution in [2.45, 2.75) is 44.6 Å². The molecule has 0 radical (unpaired) electrons. The molecule has 2 rings (SSSR count). The summed E-state index contributed by atoms with van der Waals surface area (Å²) < 4.78 is 0. The summed E-state index contributed by atoms with van der Waals surface area (Å²) in [6.45, 7) is 5.92. The maximum atomic E-state index is 9.79. The summed E-state index contributed by atoms with van der Waals surface area (Å²) in [7, 11) is 0. The number of hydrogen-bond acceptors (Lipinski definition) is 2. The van der Waals surface area contributed by atoms with Crippen LogP contribution in [0.4, 0.5) is 0 Å². The zero-order valence-electron chi connectivity index (χ0n) is 8.63. The molecular formula is C11H21NO. The van der Waals surface area contributed by atoms with Gasteiger partial charge in [0, 0.05) is 0 Å². The number of rotatable bonds is 3. The van der Waals surface area contributed by atoms with Crippen LogP contribution in [0.25, 0.3) is 0 Å². The second kappa shape index (κ2) is 3.58. The molecule has 1 saturated heterocycles. The molecule has 0 atom stereocenters. The van der Waals surface area contributed by atoms with Gasteiger partial charge in [-0.2, -0.15) is 0 Å². The molecule has 13 heavy (non-hydrogen) atoms. The quantitative estimate of drug-likeness (QED) is 0.719. The number of piperidine rings is 1. The van der Waals surface area contributed by atoms with Crippen LogP contribution in [0, 0.1) is 5.92 Å². The lowest BCUT2D eigenvalue weighted by Gasteiger charge is -2.32. The minimum absolute atomic E-state index is 0.223. The first-order valence-electron chi connectivity index (χ1n) is 5.66. The molecule has 1 aliphatic carbocycles. The van der Waals surface area contributed by atoms with Gasteiger partial charge in [0.05, 0.1) is 5.60 Å². The third-order valence-electron chi connectivity index (χ3n) is 3.65. The fraction of sp³-hybridized carbons (Fsp3) is 1.00. The van der Waals surface area contributed by atoms with E-state index in [4.69, 9.17) is 0 Å². The SMILES string of the molecule is CCN1CCC(CC2(O)CC2)CC1. The Kier molecular flexibility index (Phi) is 2.61. The van der Waals surface area contributed by atoms with Crippen molar-refractivity contribution in [3.05, 3.63) is 0 Å². The highest BCUT2D eigenvalue weighted by molar-refractivity contribution is 4.95. The average molecular weight is 183 g/mol. The van der Waals surface area contributed by atoms with Crippen LogP contribution in [0.2, 0.25) is 0 Å². The molecule has 1 saturated carbocycles. The maximum absolute atomic E-state index is 9.79. The van der Waals surface area contributed by atoms with Crippen LogP contribution >= 0.6 is 0 Å². The van der Waals surface area contributed by atoms with Crippen molar-refractivity contribution in [1.82, 2.24) is 4.90 Å². The summed E-state index contributed by atoms with van der Waals surface area (Å²) in [5.74, 6) is 0.801. The highest BCUT2D eigenvalue weighted by Crippen LogP contribution is 2.42. The Hall–Kier alpha value is -0.0800. The van der Waals surface area contributed by atoms with E-state index in [1.807, 2.05) is 0 Å². The van der Waals surface area contributed by atoms with Crippen LogP contribution in [0.3, 0.4) is 0 Å².